The molecule has 3 aromatic rings. The standard InChI is InChI=1S/C23H23N3O2/c1-4-26(21-8-6-5-7-9-21)23(28)19-13-18(14-24-15-19)22(27)25-20-11-16(2)10-17(3)12-20/h5-15H,4H2,1-3H3,(H,25,27). The molecule has 0 radical (unpaired) electrons. The number of nitrogens with one attached hydrogen (secondary N) is 1. The van der Waals surface area contributed by atoms with Crippen LogP contribution in [-0.2, 0) is 0 Å². The summed E-state index contributed by atoms with van der Waals surface area (Å²) in [5.74, 6) is -0.489. The van der Waals surface area contributed by atoms with E-state index in [1.54, 1.807) is 11.0 Å². The number of carbonyl (C=O) groups is 2. The van der Waals surface area contributed by atoms with Gasteiger partial charge in [-0.2, -0.15) is 0 Å². The minimum Gasteiger partial charge on any atom is -0.322 e. The molecule has 5 nitrogen and oxygen atoms in total. The Labute approximate surface area is 165 Å². The first kappa shape index (κ1) is 19.3. The zero-order valence-corrected chi connectivity index (χ0v) is 16.3. The summed E-state index contributed by atoms with van der Waals surface area (Å²) in [6.07, 6.45) is 2.95. The van der Waals surface area contributed by atoms with Gasteiger partial charge in [0.25, 0.3) is 11.8 Å². The Morgan fingerprint density at radius 2 is 1.57 bits per heavy atom. The van der Waals surface area contributed by atoms with E-state index < -0.39 is 0 Å². The molecule has 5 heteroatoms. The summed E-state index contributed by atoms with van der Waals surface area (Å²) in [5.41, 5.74) is 4.38. The number of benzene rings is 2. The zero-order valence-electron chi connectivity index (χ0n) is 16.3. The van der Waals surface area contributed by atoms with Gasteiger partial charge in [0.1, 0.15) is 0 Å². The molecule has 2 aromatic carbocycles. The third kappa shape index (κ3) is 4.43. The van der Waals surface area contributed by atoms with Crippen LogP contribution in [0.4, 0.5) is 11.4 Å². The molecule has 1 aromatic heterocycles. The molecule has 3 rings (SSSR count). The minimum absolute atomic E-state index is 0.192. The van der Waals surface area contributed by atoms with Crippen molar-refractivity contribution in [2.45, 2.75) is 20.8 Å². The van der Waals surface area contributed by atoms with E-state index in [0.29, 0.717) is 17.7 Å². The predicted octanol–water partition coefficient (Wildman–Crippen LogP) is 4.62. The van der Waals surface area contributed by atoms with Crippen molar-refractivity contribution >= 4 is 23.2 Å². The van der Waals surface area contributed by atoms with Crippen molar-refractivity contribution in [2.75, 3.05) is 16.8 Å². The van der Waals surface area contributed by atoms with Gasteiger partial charge in [0.15, 0.2) is 0 Å². The molecule has 0 fully saturated rings. The van der Waals surface area contributed by atoms with Gasteiger partial charge in [-0.05, 0) is 62.2 Å². The maximum Gasteiger partial charge on any atom is 0.259 e. The smallest absolute Gasteiger partial charge is 0.259 e. The molecular weight excluding hydrogens is 350 g/mol. The topological polar surface area (TPSA) is 62.3 Å². The van der Waals surface area contributed by atoms with Crippen molar-refractivity contribution in [3.63, 3.8) is 0 Å². The lowest BCUT2D eigenvalue weighted by atomic mass is 10.1. The summed E-state index contributed by atoms with van der Waals surface area (Å²) in [7, 11) is 0. The zero-order chi connectivity index (χ0) is 20.1. The van der Waals surface area contributed by atoms with E-state index in [-0.39, 0.29) is 11.8 Å². The number of pyridine rings is 1. The van der Waals surface area contributed by atoms with Crippen molar-refractivity contribution in [3.8, 4) is 0 Å². The first-order valence-corrected chi connectivity index (χ1v) is 9.19. The normalized spacial score (nSPS) is 10.4. The molecule has 0 unspecified atom stereocenters. The summed E-state index contributed by atoms with van der Waals surface area (Å²) in [6.45, 7) is 6.38. The summed E-state index contributed by atoms with van der Waals surface area (Å²) >= 11 is 0. The maximum atomic E-state index is 13.0. The lowest BCUT2D eigenvalue weighted by Gasteiger charge is -2.21. The molecule has 1 N–H and O–H groups in total. The number of nitrogens with zero attached hydrogens (tertiary/aromatic N) is 2. The lowest BCUT2D eigenvalue weighted by molar-refractivity contribution is 0.0988. The van der Waals surface area contributed by atoms with Crippen LogP contribution in [0, 0.1) is 13.8 Å². The summed E-state index contributed by atoms with van der Waals surface area (Å²) < 4.78 is 0. The Hall–Kier alpha value is -3.47. The molecule has 0 bridgehead atoms. The highest BCUT2D eigenvalue weighted by atomic mass is 16.2. The van der Waals surface area contributed by atoms with Crippen LogP contribution in [0.2, 0.25) is 0 Å². The Morgan fingerprint density at radius 1 is 0.929 bits per heavy atom. The van der Waals surface area contributed by atoms with Crippen LogP contribution < -0.4 is 10.2 Å². The molecule has 0 spiro atoms. The molecule has 0 aliphatic rings. The average molecular weight is 373 g/mol. The Bertz CT molecular complexity index is 979. The second-order valence-corrected chi connectivity index (χ2v) is 6.68. The van der Waals surface area contributed by atoms with Crippen LogP contribution >= 0.6 is 0 Å². The Kier molecular flexibility index (Phi) is 5.84. The van der Waals surface area contributed by atoms with Crippen LogP contribution in [-0.4, -0.2) is 23.3 Å². The molecule has 0 saturated heterocycles. The molecule has 0 saturated carbocycles. The van der Waals surface area contributed by atoms with E-state index in [2.05, 4.69) is 10.3 Å². The fourth-order valence-electron chi connectivity index (χ4n) is 3.14. The first-order chi connectivity index (χ1) is 13.5. The van der Waals surface area contributed by atoms with Gasteiger partial charge in [0.05, 0.1) is 11.1 Å². The summed E-state index contributed by atoms with van der Waals surface area (Å²) in [4.78, 5) is 31.4. The number of aryl methyl sites for hydroxylation is 2. The molecule has 142 valence electrons. The highest BCUT2D eigenvalue weighted by Crippen LogP contribution is 2.18. The quantitative estimate of drug-likeness (QED) is 0.710. The van der Waals surface area contributed by atoms with Gasteiger partial charge in [0.2, 0.25) is 0 Å². The number of aromatic nitrogens is 1. The van der Waals surface area contributed by atoms with Crippen molar-refractivity contribution < 1.29 is 9.59 Å². The first-order valence-electron chi connectivity index (χ1n) is 9.19. The SMILES string of the molecule is CCN(C(=O)c1cncc(C(=O)Nc2cc(C)cc(C)c2)c1)c1ccccc1. The summed E-state index contributed by atoms with van der Waals surface area (Å²) in [5, 5.41) is 2.88. The van der Waals surface area contributed by atoms with E-state index in [4.69, 9.17) is 0 Å². The van der Waals surface area contributed by atoms with Crippen LogP contribution in [0.3, 0.4) is 0 Å². The van der Waals surface area contributed by atoms with E-state index in [1.807, 2.05) is 69.3 Å². The van der Waals surface area contributed by atoms with Gasteiger partial charge in [0, 0.05) is 30.3 Å². The molecular formula is C23H23N3O2. The van der Waals surface area contributed by atoms with E-state index in [1.165, 1.54) is 12.4 Å². The largest absolute Gasteiger partial charge is 0.322 e. The van der Waals surface area contributed by atoms with Gasteiger partial charge >= 0.3 is 0 Å². The number of hydrogen-bond donors (Lipinski definition) is 1. The van der Waals surface area contributed by atoms with E-state index >= 15 is 0 Å². The van der Waals surface area contributed by atoms with Gasteiger partial charge in [-0.1, -0.05) is 24.3 Å². The van der Waals surface area contributed by atoms with Crippen LogP contribution in [0.25, 0.3) is 0 Å². The van der Waals surface area contributed by atoms with E-state index in [9.17, 15) is 9.59 Å². The third-order valence-electron chi connectivity index (χ3n) is 4.36. The monoisotopic (exact) mass is 373 g/mol. The van der Waals surface area contributed by atoms with Crippen molar-refractivity contribution in [3.05, 3.63) is 89.2 Å². The Morgan fingerprint density at radius 3 is 2.21 bits per heavy atom. The van der Waals surface area contributed by atoms with Gasteiger partial charge < -0.3 is 10.2 Å². The number of anilines is 2. The molecule has 2 amide bonds. The van der Waals surface area contributed by atoms with Crippen molar-refractivity contribution in [1.29, 1.82) is 0 Å². The summed E-state index contributed by atoms with van der Waals surface area (Å²) in [6, 6.07) is 16.9. The van der Waals surface area contributed by atoms with Crippen LogP contribution in [0.1, 0.15) is 38.8 Å². The van der Waals surface area contributed by atoms with Crippen LogP contribution in [0.5, 0.6) is 0 Å². The fourth-order valence-corrected chi connectivity index (χ4v) is 3.14. The van der Waals surface area contributed by atoms with Gasteiger partial charge in [-0.3, -0.25) is 14.6 Å². The number of amides is 2. The number of rotatable bonds is 5. The van der Waals surface area contributed by atoms with Gasteiger partial charge in [-0.15, -0.1) is 0 Å². The fraction of sp³-hybridized carbons (Fsp3) is 0.174. The van der Waals surface area contributed by atoms with E-state index in [0.717, 1.165) is 22.5 Å². The number of carbonyl (C=O) groups excluding carboxylic acids is 2. The van der Waals surface area contributed by atoms with Gasteiger partial charge in [-0.25, -0.2) is 0 Å². The predicted molar refractivity (Wildman–Crippen MR) is 112 cm³/mol. The third-order valence-corrected chi connectivity index (χ3v) is 4.36. The maximum absolute atomic E-state index is 13.0. The second-order valence-electron chi connectivity index (χ2n) is 6.68. The molecule has 1 heterocycles. The lowest BCUT2D eigenvalue weighted by Crippen LogP contribution is -2.31. The van der Waals surface area contributed by atoms with Crippen LogP contribution in [0.15, 0.2) is 67.0 Å². The second kappa shape index (κ2) is 8.48. The Balaban J connectivity index is 1.83. The van der Waals surface area contributed by atoms with Crippen molar-refractivity contribution in [1.82, 2.24) is 4.98 Å². The highest BCUT2D eigenvalue weighted by Gasteiger charge is 2.18. The number of hydrogen-bond acceptors (Lipinski definition) is 3. The number of para-hydroxylation sites is 1. The van der Waals surface area contributed by atoms with Crippen molar-refractivity contribution in [2.24, 2.45) is 0 Å². The molecule has 0 aliphatic heterocycles. The molecule has 28 heavy (non-hydrogen) atoms. The molecule has 0 aliphatic carbocycles. The average Bonchev–Trinajstić information content (AvgIpc) is 2.68. The molecule has 0 atom stereocenters. The highest BCUT2D eigenvalue weighted by molar-refractivity contribution is 6.09. The minimum atomic E-state index is -0.296.